The van der Waals surface area contributed by atoms with Crippen molar-refractivity contribution in [2.24, 2.45) is 0 Å². The van der Waals surface area contributed by atoms with Gasteiger partial charge >= 0.3 is 5.97 Å². The van der Waals surface area contributed by atoms with Crippen LogP contribution in [0.25, 0.3) is 5.69 Å². The summed E-state index contributed by atoms with van der Waals surface area (Å²) in [7, 11) is 0. The summed E-state index contributed by atoms with van der Waals surface area (Å²) in [5, 5.41) is 9.77. The van der Waals surface area contributed by atoms with Crippen molar-refractivity contribution in [1.29, 1.82) is 0 Å². The maximum Gasteiger partial charge on any atom is 0.342 e. The molecule has 0 bridgehead atoms. The minimum absolute atomic E-state index is 0.170. The number of aromatic nitrogens is 2. The zero-order valence-corrected chi connectivity index (χ0v) is 17.0. The van der Waals surface area contributed by atoms with Gasteiger partial charge in [-0.25, -0.2) is 9.48 Å². The summed E-state index contributed by atoms with van der Waals surface area (Å²) in [5.74, 6) is -1.30. The van der Waals surface area contributed by atoms with Gasteiger partial charge in [0.05, 0.1) is 17.6 Å². The van der Waals surface area contributed by atoms with E-state index in [0.29, 0.717) is 16.9 Å². The zero-order chi connectivity index (χ0) is 21.8. The predicted molar refractivity (Wildman–Crippen MR) is 114 cm³/mol. The van der Waals surface area contributed by atoms with E-state index in [1.165, 1.54) is 6.20 Å². The number of carbonyl (C=O) groups excluding carboxylic acids is 3. The van der Waals surface area contributed by atoms with Gasteiger partial charge in [-0.05, 0) is 50.1 Å². The van der Waals surface area contributed by atoms with Crippen molar-refractivity contribution in [1.82, 2.24) is 15.1 Å². The normalized spacial score (nSPS) is 12.8. The average Bonchev–Trinajstić information content (AvgIpc) is 3.51. The van der Waals surface area contributed by atoms with Crippen LogP contribution in [0.3, 0.4) is 0 Å². The van der Waals surface area contributed by atoms with Crippen LogP contribution in [0.1, 0.15) is 39.3 Å². The largest absolute Gasteiger partial charge is 0.452 e. The van der Waals surface area contributed by atoms with Gasteiger partial charge in [0, 0.05) is 17.3 Å². The molecule has 0 unspecified atom stereocenters. The summed E-state index contributed by atoms with van der Waals surface area (Å²) in [6.45, 7) is 1.31. The molecule has 31 heavy (non-hydrogen) atoms. The Balaban J connectivity index is 1.33. The highest BCUT2D eigenvalue weighted by atomic mass is 16.5. The van der Waals surface area contributed by atoms with Crippen LogP contribution in [0.5, 0.6) is 0 Å². The fraction of sp³-hybridized carbons (Fsp3) is 0.217. The summed E-state index contributed by atoms with van der Waals surface area (Å²) in [6.07, 6.45) is 3.42. The molecule has 1 aromatic heterocycles. The van der Waals surface area contributed by atoms with E-state index in [1.54, 1.807) is 35.9 Å². The molecule has 1 fully saturated rings. The Morgan fingerprint density at radius 1 is 1.10 bits per heavy atom. The number of carbonyl (C=O) groups is 3. The second-order valence-electron chi connectivity index (χ2n) is 7.34. The molecule has 3 aromatic rings. The Morgan fingerprint density at radius 2 is 1.87 bits per heavy atom. The van der Waals surface area contributed by atoms with Crippen molar-refractivity contribution < 1.29 is 19.1 Å². The summed E-state index contributed by atoms with van der Waals surface area (Å²) in [5.41, 5.74) is 2.65. The molecule has 158 valence electrons. The number of hydrogen-bond donors (Lipinski definition) is 2. The minimum Gasteiger partial charge on any atom is -0.452 e. The molecule has 0 atom stereocenters. The lowest BCUT2D eigenvalue weighted by Gasteiger charge is -2.09. The molecule has 0 aliphatic heterocycles. The maximum absolute atomic E-state index is 12.4. The SMILES string of the molecule is Cc1c(C(=O)OCC(=O)Nc2cccc(C(=O)NC3CC3)c2)cnn1-c1ccccc1. The number of ether oxygens (including phenoxy) is 1. The molecule has 4 rings (SSSR count). The summed E-state index contributed by atoms with van der Waals surface area (Å²) in [6, 6.07) is 16.3. The highest BCUT2D eigenvalue weighted by molar-refractivity contribution is 5.98. The molecule has 2 aromatic carbocycles. The lowest BCUT2D eigenvalue weighted by molar-refractivity contribution is -0.119. The number of esters is 1. The molecule has 1 heterocycles. The van der Waals surface area contributed by atoms with Crippen molar-refractivity contribution in [3.05, 3.63) is 77.6 Å². The number of amides is 2. The van der Waals surface area contributed by atoms with E-state index in [2.05, 4.69) is 15.7 Å². The number of hydrogen-bond acceptors (Lipinski definition) is 5. The first-order valence-electron chi connectivity index (χ1n) is 9.99. The number of anilines is 1. The predicted octanol–water partition coefficient (Wildman–Crippen LogP) is 2.87. The molecule has 1 saturated carbocycles. The van der Waals surface area contributed by atoms with Crippen LogP contribution < -0.4 is 10.6 Å². The summed E-state index contributed by atoms with van der Waals surface area (Å²) in [4.78, 5) is 36.8. The molecule has 8 nitrogen and oxygen atoms in total. The van der Waals surface area contributed by atoms with E-state index >= 15 is 0 Å². The lowest BCUT2D eigenvalue weighted by atomic mass is 10.2. The van der Waals surface area contributed by atoms with Crippen LogP contribution in [0.15, 0.2) is 60.8 Å². The molecular formula is C23H22N4O4. The summed E-state index contributed by atoms with van der Waals surface area (Å²) >= 11 is 0. The number of nitrogens with one attached hydrogen (secondary N) is 2. The topological polar surface area (TPSA) is 102 Å². The highest BCUT2D eigenvalue weighted by Gasteiger charge is 2.24. The molecule has 0 saturated heterocycles. The molecular weight excluding hydrogens is 396 g/mol. The van der Waals surface area contributed by atoms with E-state index in [-0.39, 0.29) is 17.5 Å². The standard InChI is InChI=1S/C23H22N4O4/c1-15-20(13-24-27(15)19-8-3-2-4-9-19)23(30)31-14-21(28)25-18-7-5-6-16(12-18)22(29)26-17-10-11-17/h2-9,12-13,17H,10-11,14H2,1H3,(H,25,28)(H,26,29). The fourth-order valence-corrected chi connectivity index (χ4v) is 3.08. The second-order valence-corrected chi connectivity index (χ2v) is 7.34. The van der Waals surface area contributed by atoms with Crippen molar-refractivity contribution in [2.45, 2.75) is 25.8 Å². The van der Waals surface area contributed by atoms with Crippen LogP contribution in [0.2, 0.25) is 0 Å². The van der Waals surface area contributed by atoms with Crippen LogP contribution >= 0.6 is 0 Å². The number of rotatable bonds is 7. The summed E-state index contributed by atoms with van der Waals surface area (Å²) < 4.78 is 6.78. The van der Waals surface area contributed by atoms with E-state index in [4.69, 9.17) is 4.74 Å². The molecule has 1 aliphatic carbocycles. The molecule has 2 amide bonds. The van der Waals surface area contributed by atoms with Crippen molar-refractivity contribution in [3.8, 4) is 5.69 Å². The minimum atomic E-state index is -0.632. The zero-order valence-electron chi connectivity index (χ0n) is 17.0. The first kappa shape index (κ1) is 20.3. The first-order chi connectivity index (χ1) is 15.0. The number of para-hydroxylation sites is 1. The molecule has 8 heteroatoms. The number of benzene rings is 2. The van der Waals surface area contributed by atoms with Crippen molar-refractivity contribution in [2.75, 3.05) is 11.9 Å². The molecule has 0 radical (unpaired) electrons. The smallest absolute Gasteiger partial charge is 0.342 e. The van der Waals surface area contributed by atoms with Gasteiger partial charge in [0.2, 0.25) is 0 Å². The third-order valence-corrected chi connectivity index (χ3v) is 4.89. The van der Waals surface area contributed by atoms with Crippen molar-refractivity contribution in [3.63, 3.8) is 0 Å². The van der Waals surface area contributed by atoms with Gasteiger partial charge in [0.15, 0.2) is 6.61 Å². The molecule has 1 aliphatic rings. The van der Waals surface area contributed by atoms with E-state index in [1.807, 2.05) is 30.3 Å². The first-order valence-corrected chi connectivity index (χ1v) is 9.99. The third kappa shape index (κ3) is 4.98. The van der Waals surface area contributed by atoms with Gasteiger partial charge in [-0.1, -0.05) is 24.3 Å². The highest BCUT2D eigenvalue weighted by Crippen LogP contribution is 2.20. The quantitative estimate of drug-likeness (QED) is 0.575. The van der Waals surface area contributed by atoms with E-state index in [9.17, 15) is 14.4 Å². The van der Waals surface area contributed by atoms with Crippen molar-refractivity contribution >= 4 is 23.5 Å². The Hall–Kier alpha value is -3.94. The van der Waals surface area contributed by atoms with Gasteiger partial charge in [0.1, 0.15) is 5.56 Å². The van der Waals surface area contributed by atoms with Gasteiger partial charge in [-0.3, -0.25) is 9.59 Å². The fourth-order valence-electron chi connectivity index (χ4n) is 3.08. The van der Waals surface area contributed by atoms with Crippen LogP contribution in [0.4, 0.5) is 5.69 Å². The molecule has 2 N–H and O–H groups in total. The second kappa shape index (κ2) is 8.83. The van der Waals surface area contributed by atoms with E-state index in [0.717, 1.165) is 18.5 Å². The van der Waals surface area contributed by atoms with Gasteiger partial charge in [-0.15, -0.1) is 0 Å². The van der Waals surface area contributed by atoms with Crippen LogP contribution in [0, 0.1) is 6.92 Å². The van der Waals surface area contributed by atoms with Gasteiger partial charge in [-0.2, -0.15) is 5.10 Å². The Bertz CT molecular complexity index is 1120. The Labute approximate surface area is 179 Å². The van der Waals surface area contributed by atoms with Gasteiger partial charge in [0.25, 0.3) is 11.8 Å². The van der Waals surface area contributed by atoms with Crippen LogP contribution in [-0.2, 0) is 9.53 Å². The number of nitrogens with zero attached hydrogens (tertiary/aromatic N) is 2. The lowest BCUT2D eigenvalue weighted by Crippen LogP contribution is -2.25. The molecule has 0 spiro atoms. The van der Waals surface area contributed by atoms with Crippen LogP contribution in [-0.4, -0.2) is 40.2 Å². The van der Waals surface area contributed by atoms with Gasteiger partial charge < -0.3 is 15.4 Å². The monoisotopic (exact) mass is 418 g/mol. The Morgan fingerprint density at radius 3 is 2.61 bits per heavy atom. The maximum atomic E-state index is 12.4. The average molecular weight is 418 g/mol. The Kier molecular flexibility index (Phi) is 5.79. The van der Waals surface area contributed by atoms with E-state index < -0.39 is 18.5 Å². The third-order valence-electron chi connectivity index (χ3n) is 4.89.